The zero-order valence-electron chi connectivity index (χ0n) is 1.29. The van der Waals surface area contributed by atoms with Crippen molar-refractivity contribution in [3.8, 4) is 0 Å². The van der Waals surface area contributed by atoms with Crippen molar-refractivity contribution < 1.29 is 54.9 Å². The van der Waals surface area contributed by atoms with Crippen molar-refractivity contribution >= 4 is 59.8 Å². The molecule has 0 unspecified atom stereocenters. The SMILES string of the molecule is [BaH2].[Eu].[O].[Si]. The summed E-state index contributed by atoms with van der Waals surface area (Å²) in [5.41, 5.74) is 0. The number of hydrogen-bond donors (Lipinski definition) is 0. The molecule has 1 nitrogen and oxygen atoms in total. The van der Waals surface area contributed by atoms with Crippen molar-refractivity contribution in [1.82, 2.24) is 0 Å². The van der Waals surface area contributed by atoms with Crippen LogP contribution in [0.2, 0.25) is 0 Å². The molecule has 0 spiro atoms. The molecule has 4 heavy (non-hydrogen) atoms. The Morgan fingerprint density at radius 2 is 1.00 bits per heavy atom. The first-order valence-corrected chi connectivity index (χ1v) is 0. The molecule has 0 atom stereocenters. The summed E-state index contributed by atoms with van der Waals surface area (Å²) in [6, 6.07) is 0. The van der Waals surface area contributed by atoms with Gasteiger partial charge in [-0.3, -0.25) is 0 Å². The molecule has 0 N–H and O–H groups in total. The van der Waals surface area contributed by atoms with Gasteiger partial charge in [-0.05, 0) is 0 Å². The summed E-state index contributed by atoms with van der Waals surface area (Å²) in [6.45, 7) is 0. The molecule has 0 rings (SSSR count). The zero-order valence-corrected chi connectivity index (χ0v) is 4.71. The smallest absolute Gasteiger partial charge is 0 e. The fourth-order valence-electron chi connectivity index (χ4n) is 0. The Kier molecular flexibility index (Phi) is 107. The Labute approximate surface area is 111 Å². The summed E-state index contributed by atoms with van der Waals surface area (Å²) in [7, 11) is 0. The van der Waals surface area contributed by atoms with Crippen LogP contribution in [-0.4, -0.2) is 59.8 Å². The molecule has 7 radical (unpaired) electrons. The molecule has 0 fully saturated rings. The van der Waals surface area contributed by atoms with Gasteiger partial charge in [0.2, 0.25) is 0 Å². The van der Waals surface area contributed by atoms with Crippen molar-refractivity contribution in [2.24, 2.45) is 0 Å². The fraction of sp³-hybridized carbons (Fsp3) is 0. The van der Waals surface area contributed by atoms with Crippen LogP contribution in [0.4, 0.5) is 0 Å². The van der Waals surface area contributed by atoms with Crippen molar-refractivity contribution in [1.29, 1.82) is 0 Å². The van der Waals surface area contributed by atoms with Gasteiger partial charge in [0.25, 0.3) is 0 Å². The van der Waals surface area contributed by atoms with E-state index in [4.69, 9.17) is 0 Å². The second-order valence-corrected chi connectivity index (χ2v) is 0. The van der Waals surface area contributed by atoms with Crippen LogP contribution in [-0.2, 0) is 5.48 Å². The van der Waals surface area contributed by atoms with Crippen molar-refractivity contribution in [3.05, 3.63) is 0 Å². The Bertz CT molecular complexity index is 8.00. The third kappa shape index (κ3) is 9.01. The first kappa shape index (κ1) is 26.5. The maximum absolute atomic E-state index is 0. The molecule has 0 aromatic carbocycles. The topological polar surface area (TPSA) is 28.5 Å². The molecule has 0 aromatic heterocycles. The Balaban J connectivity index is 0. The standard InChI is InChI=1S/Ba.Eu.O.Si.2H. The van der Waals surface area contributed by atoms with Crippen LogP contribution in [0.25, 0.3) is 0 Å². The molecule has 0 amide bonds. The van der Waals surface area contributed by atoms with Crippen molar-refractivity contribution in [2.45, 2.75) is 0 Å². The average molecular weight is 335 g/mol. The minimum absolute atomic E-state index is 0. The van der Waals surface area contributed by atoms with Crippen LogP contribution < -0.4 is 0 Å². The fourth-order valence-corrected chi connectivity index (χ4v) is 0. The third-order valence-corrected chi connectivity index (χ3v) is 0. The van der Waals surface area contributed by atoms with Gasteiger partial charge in [-0.2, -0.15) is 0 Å². The third-order valence-electron chi connectivity index (χ3n) is 0. The van der Waals surface area contributed by atoms with E-state index in [2.05, 4.69) is 0 Å². The molecular formula is H2BaEuOSi. The van der Waals surface area contributed by atoms with E-state index in [-0.39, 0.29) is 115 Å². The maximum atomic E-state index is 0. The van der Waals surface area contributed by atoms with E-state index in [0.717, 1.165) is 0 Å². The summed E-state index contributed by atoms with van der Waals surface area (Å²) < 4.78 is 0. The van der Waals surface area contributed by atoms with Crippen LogP contribution >= 0.6 is 0 Å². The van der Waals surface area contributed by atoms with E-state index < -0.39 is 0 Å². The number of rotatable bonds is 0. The Morgan fingerprint density at radius 3 is 1.00 bits per heavy atom. The molecule has 0 aromatic rings. The molecule has 21 valence electrons. The van der Waals surface area contributed by atoms with Crippen molar-refractivity contribution in [2.75, 3.05) is 0 Å². The Morgan fingerprint density at radius 1 is 1.00 bits per heavy atom. The quantitative estimate of drug-likeness (QED) is 0.487. The summed E-state index contributed by atoms with van der Waals surface area (Å²) >= 11 is 0. The molecule has 4 heteroatoms. The minimum Gasteiger partial charge on any atom is 0 e. The molecule has 0 aliphatic rings. The van der Waals surface area contributed by atoms with Gasteiger partial charge >= 0.3 is 48.9 Å². The molecular weight excluding hydrogens is 333 g/mol. The predicted octanol–water partition coefficient (Wildman–Crippen LogP) is -1.42. The monoisotopic (exact) mass is 337 g/mol. The molecule has 0 aliphatic heterocycles. The molecule has 0 bridgehead atoms. The van der Waals surface area contributed by atoms with Gasteiger partial charge in [0.05, 0.1) is 0 Å². The van der Waals surface area contributed by atoms with E-state index in [1.54, 1.807) is 0 Å². The summed E-state index contributed by atoms with van der Waals surface area (Å²) in [4.78, 5) is 0. The van der Waals surface area contributed by atoms with Gasteiger partial charge in [0, 0.05) is 65.8 Å². The minimum atomic E-state index is 0. The molecule has 0 heterocycles. The first-order chi connectivity index (χ1) is 0. The predicted molar refractivity (Wildman–Crippen MR) is 15.0 cm³/mol. The van der Waals surface area contributed by atoms with Gasteiger partial charge in [0.15, 0.2) is 0 Å². The van der Waals surface area contributed by atoms with Gasteiger partial charge < -0.3 is 0 Å². The van der Waals surface area contributed by atoms with E-state index >= 15 is 0 Å². The largest absolute Gasteiger partial charge is 0 e. The van der Waals surface area contributed by atoms with Crippen molar-refractivity contribution in [3.63, 3.8) is 0 Å². The van der Waals surface area contributed by atoms with Crippen LogP contribution in [0.5, 0.6) is 0 Å². The van der Waals surface area contributed by atoms with E-state index in [1.807, 2.05) is 0 Å². The normalized spacial score (nSPS) is 0. The molecule has 0 saturated carbocycles. The van der Waals surface area contributed by atoms with Crippen LogP contribution in [0.1, 0.15) is 0 Å². The van der Waals surface area contributed by atoms with Gasteiger partial charge in [0.1, 0.15) is 0 Å². The molecule has 0 saturated heterocycles. The van der Waals surface area contributed by atoms with Crippen LogP contribution in [0, 0.1) is 49.4 Å². The Hall–Kier alpha value is 3.33. The first-order valence-electron chi connectivity index (χ1n) is 0. The zero-order chi connectivity index (χ0) is 0. The second-order valence-electron chi connectivity index (χ2n) is 0. The summed E-state index contributed by atoms with van der Waals surface area (Å²) in [5, 5.41) is 0. The number of hydrogen-bond acceptors (Lipinski definition) is 0. The van der Waals surface area contributed by atoms with Crippen LogP contribution in [0.15, 0.2) is 0 Å². The maximum Gasteiger partial charge on any atom is 0 e. The average Bonchev–Trinajstić information content (AvgIpc) is 0. The van der Waals surface area contributed by atoms with Gasteiger partial charge in [-0.1, -0.05) is 0 Å². The van der Waals surface area contributed by atoms with Gasteiger partial charge in [-0.25, -0.2) is 0 Å². The van der Waals surface area contributed by atoms with E-state index in [9.17, 15) is 0 Å². The summed E-state index contributed by atoms with van der Waals surface area (Å²) in [5.74, 6) is 0. The molecule has 0 aliphatic carbocycles. The van der Waals surface area contributed by atoms with E-state index in [0.29, 0.717) is 0 Å². The second kappa shape index (κ2) is 16.2. The summed E-state index contributed by atoms with van der Waals surface area (Å²) in [6.07, 6.45) is 0. The van der Waals surface area contributed by atoms with Gasteiger partial charge in [-0.15, -0.1) is 0 Å². The van der Waals surface area contributed by atoms with Crippen LogP contribution in [0.3, 0.4) is 0 Å². The van der Waals surface area contributed by atoms with E-state index in [1.165, 1.54) is 0 Å².